The zero-order chi connectivity index (χ0) is 13.6. The summed E-state index contributed by atoms with van der Waals surface area (Å²) in [5, 5.41) is 0.210. The largest absolute Gasteiger partial charge is 0.330 e. The molecule has 0 spiro atoms. The Morgan fingerprint density at radius 3 is 2.28 bits per heavy atom. The lowest BCUT2D eigenvalue weighted by Crippen LogP contribution is -2.49. The van der Waals surface area contributed by atoms with Crippen LogP contribution in [0.1, 0.15) is 19.3 Å². The van der Waals surface area contributed by atoms with Gasteiger partial charge in [0.15, 0.2) is 9.84 Å². The Morgan fingerprint density at radius 1 is 1.17 bits per heavy atom. The summed E-state index contributed by atoms with van der Waals surface area (Å²) in [7, 11) is -3.54. The van der Waals surface area contributed by atoms with E-state index in [4.69, 9.17) is 11.5 Å². The van der Waals surface area contributed by atoms with Gasteiger partial charge in [0.2, 0.25) is 0 Å². The molecule has 0 aliphatic rings. The van der Waals surface area contributed by atoms with Gasteiger partial charge in [0, 0.05) is 5.33 Å². The maximum atomic E-state index is 12.5. The zero-order valence-electron chi connectivity index (χ0n) is 10.2. The van der Waals surface area contributed by atoms with E-state index in [2.05, 4.69) is 15.9 Å². The van der Waals surface area contributed by atoms with E-state index in [-0.39, 0.29) is 10.2 Å². The third kappa shape index (κ3) is 3.32. The molecule has 6 heteroatoms. The van der Waals surface area contributed by atoms with Gasteiger partial charge in [-0.2, -0.15) is 0 Å². The van der Waals surface area contributed by atoms with Crippen LogP contribution < -0.4 is 11.5 Å². The Hall–Kier alpha value is -0.430. The predicted molar refractivity (Wildman–Crippen MR) is 77.2 cm³/mol. The summed E-state index contributed by atoms with van der Waals surface area (Å²) in [6.07, 6.45) is 1.87. The lowest BCUT2D eigenvalue weighted by Gasteiger charge is -2.27. The van der Waals surface area contributed by atoms with Crippen molar-refractivity contribution in [3.63, 3.8) is 0 Å². The highest BCUT2D eigenvalue weighted by atomic mass is 79.9. The molecule has 0 heterocycles. The van der Waals surface area contributed by atoms with E-state index in [9.17, 15) is 8.42 Å². The van der Waals surface area contributed by atoms with Crippen molar-refractivity contribution in [3.8, 4) is 0 Å². The maximum absolute atomic E-state index is 12.5. The SMILES string of the molecule is NCCCCC(N)(CBr)S(=O)(=O)c1ccccc1. The number of halogens is 1. The van der Waals surface area contributed by atoms with Gasteiger partial charge >= 0.3 is 0 Å². The minimum absolute atomic E-state index is 0.210. The first-order valence-electron chi connectivity index (χ1n) is 5.82. The fourth-order valence-corrected chi connectivity index (χ4v) is 4.40. The highest BCUT2D eigenvalue weighted by Crippen LogP contribution is 2.27. The monoisotopic (exact) mass is 334 g/mol. The predicted octanol–water partition coefficient (Wildman–Crippen LogP) is 1.64. The number of hydrogen-bond acceptors (Lipinski definition) is 4. The van der Waals surface area contributed by atoms with Crippen LogP contribution in [0.15, 0.2) is 35.2 Å². The first-order chi connectivity index (χ1) is 8.48. The molecule has 0 bridgehead atoms. The fraction of sp³-hybridized carbons (Fsp3) is 0.500. The van der Waals surface area contributed by atoms with Gasteiger partial charge < -0.3 is 11.5 Å². The van der Waals surface area contributed by atoms with Crippen LogP contribution in [0.2, 0.25) is 0 Å². The fourth-order valence-electron chi connectivity index (χ4n) is 1.68. The Balaban J connectivity index is 3.00. The molecule has 1 aromatic carbocycles. The van der Waals surface area contributed by atoms with E-state index >= 15 is 0 Å². The van der Waals surface area contributed by atoms with E-state index in [0.717, 1.165) is 6.42 Å². The van der Waals surface area contributed by atoms with Gasteiger partial charge in [-0.05, 0) is 37.9 Å². The maximum Gasteiger partial charge on any atom is 0.197 e. The van der Waals surface area contributed by atoms with E-state index in [1.165, 1.54) is 0 Å². The zero-order valence-corrected chi connectivity index (χ0v) is 12.6. The number of sulfone groups is 1. The van der Waals surface area contributed by atoms with E-state index in [1.54, 1.807) is 30.3 Å². The van der Waals surface area contributed by atoms with Crippen LogP contribution in [0, 0.1) is 0 Å². The molecule has 0 saturated carbocycles. The molecule has 0 aromatic heterocycles. The summed E-state index contributed by atoms with van der Waals surface area (Å²) < 4.78 is 25.0. The number of alkyl halides is 1. The number of hydrogen-bond donors (Lipinski definition) is 2. The second-order valence-electron chi connectivity index (χ2n) is 4.26. The molecule has 0 saturated heterocycles. The number of benzene rings is 1. The van der Waals surface area contributed by atoms with Crippen LogP contribution >= 0.6 is 15.9 Å². The van der Waals surface area contributed by atoms with Gasteiger partial charge in [-0.3, -0.25) is 0 Å². The van der Waals surface area contributed by atoms with Crippen molar-refractivity contribution in [1.29, 1.82) is 0 Å². The molecule has 4 N–H and O–H groups in total. The Kier molecular flexibility index (Phi) is 5.78. The molecule has 102 valence electrons. The number of unbranched alkanes of at least 4 members (excludes halogenated alkanes) is 1. The average Bonchev–Trinajstić information content (AvgIpc) is 2.39. The number of rotatable bonds is 7. The van der Waals surface area contributed by atoms with Crippen LogP contribution in [0.5, 0.6) is 0 Å². The van der Waals surface area contributed by atoms with Crippen LogP contribution in [-0.2, 0) is 9.84 Å². The van der Waals surface area contributed by atoms with Crippen molar-refractivity contribution >= 4 is 25.8 Å². The number of nitrogens with two attached hydrogens (primary N) is 2. The molecule has 18 heavy (non-hydrogen) atoms. The van der Waals surface area contributed by atoms with Crippen LogP contribution in [-0.4, -0.2) is 25.2 Å². The lowest BCUT2D eigenvalue weighted by atomic mass is 10.1. The van der Waals surface area contributed by atoms with Crippen molar-refractivity contribution in [2.45, 2.75) is 29.0 Å². The highest BCUT2D eigenvalue weighted by molar-refractivity contribution is 9.09. The summed E-state index contributed by atoms with van der Waals surface area (Å²) in [5.74, 6) is 0. The first kappa shape index (κ1) is 15.6. The molecule has 1 rings (SSSR count). The van der Waals surface area contributed by atoms with Crippen LogP contribution in [0.4, 0.5) is 0 Å². The van der Waals surface area contributed by atoms with Gasteiger partial charge in [0.05, 0.1) is 4.90 Å². The van der Waals surface area contributed by atoms with Crippen LogP contribution in [0.25, 0.3) is 0 Å². The third-order valence-corrected chi connectivity index (χ3v) is 6.55. The first-order valence-corrected chi connectivity index (χ1v) is 8.43. The normalized spacial score (nSPS) is 15.3. The summed E-state index contributed by atoms with van der Waals surface area (Å²) in [6.45, 7) is 0.545. The molecule has 1 unspecified atom stereocenters. The second kappa shape index (κ2) is 6.65. The van der Waals surface area contributed by atoms with E-state index < -0.39 is 14.7 Å². The highest BCUT2D eigenvalue weighted by Gasteiger charge is 2.39. The lowest BCUT2D eigenvalue weighted by molar-refractivity contribution is 0.502. The third-order valence-electron chi connectivity index (χ3n) is 2.87. The Labute approximate surface area is 117 Å². The molecule has 1 aromatic rings. The molecule has 4 nitrogen and oxygen atoms in total. The average molecular weight is 335 g/mol. The van der Waals surface area contributed by atoms with Crippen LogP contribution in [0.3, 0.4) is 0 Å². The minimum Gasteiger partial charge on any atom is -0.330 e. The smallest absolute Gasteiger partial charge is 0.197 e. The molecule has 1 atom stereocenters. The van der Waals surface area contributed by atoms with E-state index in [1.807, 2.05) is 0 Å². The Morgan fingerprint density at radius 2 is 1.78 bits per heavy atom. The standard InChI is InChI=1S/C12H19BrN2O2S/c13-10-12(15,8-4-5-9-14)18(16,17)11-6-2-1-3-7-11/h1-3,6-7H,4-5,8-10,14-15H2. The molecule has 0 amide bonds. The molecule has 0 aliphatic heterocycles. The molecular formula is C12H19BrN2O2S. The Bertz CT molecular complexity index is 464. The summed E-state index contributed by atoms with van der Waals surface area (Å²) in [5.41, 5.74) is 11.5. The van der Waals surface area contributed by atoms with Gasteiger partial charge in [-0.1, -0.05) is 34.1 Å². The van der Waals surface area contributed by atoms with Gasteiger partial charge in [0.1, 0.15) is 4.87 Å². The molecular weight excluding hydrogens is 316 g/mol. The van der Waals surface area contributed by atoms with Crippen molar-refractivity contribution in [1.82, 2.24) is 0 Å². The van der Waals surface area contributed by atoms with Crippen molar-refractivity contribution in [2.24, 2.45) is 11.5 Å². The quantitative estimate of drug-likeness (QED) is 0.586. The van der Waals surface area contributed by atoms with Crippen molar-refractivity contribution < 1.29 is 8.42 Å². The molecule has 0 aliphatic carbocycles. The minimum atomic E-state index is -3.54. The van der Waals surface area contributed by atoms with E-state index in [0.29, 0.717) is 19.4 Å². The van der Waals surface area contributed by atoms with Gasteiger partial charge in [-0.15, -0.1) is 0 Å². The second-order valence-corrected chi connectivity index (χ2v) is 7.11. The van der Waals surface area contributed by atoms with Gasteiger partial charge in [0.25, 0.3) is 0 Å². The topological polar surface area (TPSA) is 86.2 Å². The summed E-state index contributed by atoms with van der Waals surface area (Å²) in [6, 6.07) is 8.31. The van der Waals surface area contributed by atoms with Crippen molar-refractivity contribution in [3.05, 3.63) is 30.3 Å². The molecule has 0 radical (unpaired) electrons. The summed E-state index contributed by atoms with van der Waals surface area (Å²) >= 11 is 3.22. The van der Waals surface area contributed by atoms with Gasteiger partial charge in [-0.25, -0.2) is 8.42 Å². The van der Waals surface area contributed by atoms with Crippen molar-refractivity contribution in [2.75, 3.05) is 11.9 Å². The molecule has 0 fully saturated rings. The summed E-state index contributed by atoms with van der Waals surface area (Å²) in [4.78, 5) is -1.01.